The molecule has 2 fully saturated rings. The van der Waals surface area contributed by atoms with Gasteiger partial charge in [0.25, 0.3) is 0 Å². The van der Waals surface area contributed by atoms with Crippen molar-refractivity contribution >= 4 is 5.97 Å². The molecule has 0 saturated carbocycles. The van der Waals surface area contributed by atoms with Gasteiger partial charge in [0.15, 0.2) is 12.6 Å². The second kappa shape index (κ2) is 44.7. The van der Waals surface area contributed by atoms with Gasteiger partial charge < -0.3 is 64.2 Å². The Bertz CT molecular complexity index is 1270. The van der Waals surface area contributed by atoms with Gasteiger partial charge in [0, 0.05) is 13.0 Å². The second-order valence-corrected chi connectivity index (χ2v) is 20.5. The molecule has 7 N–H and O–H groups in total. The Balaban J connectivity index is 1.70. The molecule has 2 aliphatic rings. The number of rotatable bonds is 47. The third kappa shape index (κ3) is 31.8. The lowest BCUT2D eigenvalue weighted by atomic mass is 9.98. The summed E-state index contributed by atoms with van der Waals surface area (Å²) in [6.07, 6.45) is 33.8. The molecule has 0 aliphatic carbocycles. The highest BCUT2D eigenvalue weighted by Crippen LogP contribution is 2.27. The van der Waals surface area contributed by atoms with E-state index in [0.717, 1.165) is 64.2 Å². The summed E-state index contributed by atoms with van der Waals surface area (Å²) in [5.74, 6) is -0.375. The van der Waals surface area contributed by atoms with Crippen molar-refractivity contribution in [2.24, 2.45) is 0 Å². The average Bonchev–Trinajstić information content (AvgIpc) is 3.37. The van der Waals surface area contributed by atoms with Gasteiger partial charge in [0.1, 0.15) is 54.9 Å². The quantitative estimate of drug-likeness (QED) is 0.0172. The Morgan fingerprint density at radius 3 is 1.39 bits per heavy atom. The predicted octanol–water partition coefficient (Wildman–Crippen LogP) is 9.97. The lowest BCUT2D eigenvalue weighted by Crippen LogP contribution is -2.61. The fourth-order valence-corrected chi connectivity index (χ4v) is 9.24. The molecule has 0 spiro atoms. The molecule has 0 radical (unpaired) electrons. The first-order valence-corrected chi connectivity index (χ1v) is 28.9. The number of ether oxygens (including phenoxy) is 6. The number of hydrogen-bond donors (Lipinski definition) is 7. The number of allylic oxidation sites excluding steroid dienone is 4. The van der Waals surface area contributed by atoms with Crippen LogP contribution in [0.5, 0.6) is 0 Å². The normalized spacial score (nSPS) is 25.4. The highest BCUT2D eigenvalue weighted by atomic mass is 16.7. The first-order valence-electron chi connectivity index (χ1n) is 28.9. The smallest absolute Gasteiger partial charge is 0.306 e. The summed E-state index contributed by atoms with van der Waals surface area (Å²) in [4.78, 5) is 13.1. The molecular weight excluding hydrogens is 909 g/mol. The van der Waals surface area contributed by atoms with Crippen LogP contribution in [0, 0.1) is 0 Å². The fourth-order valence-electron chi connectivity index (χ4n) is 9.24. The maximum absolute atomic E-state index is 13.1. The number of hydrogen-bond acceptors (Lipinski definition) is 14. The van der Waals surface area contributed by atoms with E-state index in [1.807, 2.05) is 0 Å². The Hall–Kier alpha value is -1.53. The highest BCUT2D eigenvalue weighted by molar-refractivity contribution is 5.69. The van der Waals surface area contributed by atoms with Gasteiger partial charge in [-0.15, -0.1) is 0 Å². The molecule has 2 saturated heterocycles. The zero-order valence-electron chi connectivity index (χ0n) is 44.7. The van der Waals surface area contributed by atoms with Gasteiger partial charge in [-0.1, -0.05) is 212 Å². The van der Waals surface area contributed by atoms with E-state index in [1.165, 1.54) is 141 Å². The number of carbonyl (C=O) groups excluding carboxylic acids is 1. The molecule has 71 heavy (non-hydrogen) atoms. The zero-order valence-corrected chi connectivity index (χ0v) is 44.7. The van der Waals surface area contributed by atoms with E-state index in [-0.39, 0.29) is 25.6 Å². The second-order valence-electron chi connectivity index (χ2n) is 20.5. The lowest BCUT2D eigenvalue weighted by Gasteiger charge is -2.42. The largest absolute Gasteiger partial charge is 0.457 e. The van der Waals surface area contributed by atoms with Crippen molar-refractivity contribution in [3.63, 3.8) is 0 Å². The number of unbranched alkanes of at least 4 members (excludes halogenated alkanes) is 29. The number of esters is 1. The Kier molecular flexibility index (Phi) is 41.3. The van der Waals surface area contributed by atoms with Crippen LogP contribution in [0.1, 0.15) is 232 Å². The third-order valence-corrected chi connectivity index (χ3v) is 14.0. The summed E-state index contributed by atoms with van der Waals surface area (Å²) in [5, 5.41) is 72.3. The van der Waals surface area contributed by atoms with Gasteiger partial charge in [-0.05, 0) is 38.5 Å². The van der Waals surface area contributed by atoms with Crippen molar-refractivity contribution in [2.75, 3.05) is 33.0 Å². The molecule has 2 rings (SSSR count). The van der Waals surface area contributed by atoms with Crippen LogP contribution in [-0.4, -0.2) is 142 Å². The number of aliphatic hydroxyl groups is 7. The van der Waals surface area contributed by atoms with E-state index >= 15 is 0 Å². The number of aliphatic hydroxyl groups excluding tert-OH is 7. The van der Waals surface area contributed by atoms with Gasteiger partial charge in [-0.25, -0.2) is 0 Å². The lowest BCUT2D eigenvalue weighted by molar-refractivity contribution is -0.332. The van der Waals surface area contributed by atoms with Crippen LogP contribution in [0.25, 0.3) is 0 Å². The van der Waals surface area contributed by atoms with Crippen LogP contribution in [0.4, 0.5) is 0 Å². The summed E-state index contributed by atoms with van der Waals surface area (Å²) < 4.78 is 34.4. The molecule has 2 heterocycles. The Labute approximate surface area is 430 Å². The van der Waals surface area contributed by atoms with Crippen molar-refractivity contribution in [2.45, 2.75) is 300 Å². The molecule has 2 aliphatic heterocycles. The van der Waals surface area contributed by atoms with E-state index in [0.29, 0.717) is 13.0 Å². The summed E-state index contributed by atoms with van der Waals surface area (Å²) in [6.45, 7) is 3.67. The van der Waals surface area contributed by atoms with Crippen LogP contribution >= 0.6 is 0 Å². The first kappa shape index (κ1) is 65.6. The summed E-state index contributed by atoms with van der Waals surface area (Å²) in [7, 11) is 0. The summed E-state index contributed by atoms with van der Waals surface area (Å²) >= 11 is 0. The fraction of sp³-hybridized carbons (Fsp3) is 0.912. The van der Waals surface area contributed by atoms with E-state index in [1.54, 1.807) is 0 Å². The summed E-state index contributed by atoms with van der Waals surface area (Å²) in [5.41, 5.74) is 0. The molecule has 418 valence electrons. The van der Waals surface area contributed by atoms with Crippen molar-refractivity contribution in [3.05, 3.63) is 24.3 Å². The highest BCUT2D eigenvalue weighted by Gasteiger charge is 2.47. The van der Waals surface area contributed by atoms with E-state index < -0.39 is 80.7 Å². The number of carbonyl (C=O) groups is 1. The van der Waals surface area contributed by atoms with Crippen LogP contribution in [0.2, 0.25) is 0 Å². The van der Waals surface area contributed by atoms with E-state index in [9.17, 15) is 40.5 Å². The minimum Gasteiger partial charge on any atom is -0.457 e. The van der Waals surface area contributed by atoms with Gasteiger partial charge in [-0.3, -0.25) is 4.79 Å². The minimum atomic E-state index is -1.71. The standard InChI is InChI=1S/C57H106O14/c1-3-5-7-9-11-13-15-17-19-20-21-22-23-24-25-26-28-30-32-34-36-38-40-49(59)69-46(43-66-41-39-37-35-33-31-29-27-18-16-14-12-10-8-6-4-2)44-67-56-55(65)53(63)51(61)48(71-56)45-68-57-54(64)52(62)50(60)47(42-58)70-57/h10,12,16,18,46-48,50-58,60-65H,3-9,11,13-15,17,19-45H2,1-2H3/b12-10-,18-16-. The SMILES string of the molecule is CCCC/C=C\C/C=C\CCCCCCCCOCC(COC1OC(COC2OC(CO)C(O)C(O)C2O)C(O)C(O)C1O)OC(=O)CCCCCCCCCCCCCCCCCCCCCCCC. The van der Waals surface area contributed by atoms with Gasteiger partial charge in [0.05, 0.1) is 26.4 Å². The first-order chi connectivity index (χ1) is 34.6. The molecular formula is C57H106O14. The third-order valence-electron chi connectivity index (χ3n) is 14.0. The monoisotopic (exact) mass is 1010 g/mol. The molecule has 0 amide bonds. The Morgan fingerprint density at radius 2 is 0.887 bits per heavy atom. The van der Waals surface area contributed by atoms with Gasteiger partial charge in [-0.2, -0.15) is 0 Å². The predicted molar refractivity (Wildman–Crippen MR) is 280 cm³/mol. The van der Waals surface area contributed by atoms with E-state index in [2.05, 4.69) is 38.2 Å². The average molecular weight is 1020 g/mol. The van der Waals surface area contributed by atoms with Crippen LogP contribution in [0.15, 0.2) is 24.3 Å². The maximum atomic E-state index is 13.1. The van der Waals surface area contributed by atoms with Crippen LogP contribution in [0.3, 0.4) is 0 Å². The van der Waals surface area contributed by atoms with E-state index in [4.69, 9.17) is 28.4 Å². The van der Waals surface area contributed by atoms with Crippen molar-refractivity contribution in [1.82, 2.24) is 0 Å². The van der Waals surface area contributed by atoms with Crippen molar-refractivity contribution < 1.29 is 69.0 Å². The van der Waals surface area contributed by atoms with Crippen molar-refractivity contribution in [3.8, 4) is 0 Å². The maximum Gasteiger partial charge on any atom is 0.306 e. The molecule has 14 heteroatoms. The molecule has 14 nitrogen and oxygen atoms in total. The van der Waals surface area contributed by atoms with Gasteiger partial charge in [0.2, 0.25) is 0 Å². The molecule has 0 bridgehead atoms. The molecule has 0 aromatic heterocycles. The molecule has 0 aromatic carbocycles. The van der Waals surface area contributed by atoms with Crippen molar-refractivity contribution in [1.29, 1.82) is 0 Å². The molecule has 11 unspecified atom stereocenters. The van der Waals surface area contributed by atoms with Gasteiger partial charge >= 0.3 is 5.97 Å². The Morgan fingerprint density at radius 1 is 0.465 bits per heavy atom. The minimum absolute atomic E-state index is 0.0584. The van der Waals surface area contributed by atoms with Crippen LogP contribution < -0.4 is 0 Å². The topological polar surface area (TPSA) is 214 Å². The molecule has 11 atom stereocenters. The van der Waals surface area contributed by atoms with Crippen LogP contribution in [-0.2, 0) is 33.2 Å². The zero-order chi connectivity index (χ0) is 51.6. The molecule has 0 aromatic rings. The summed E-state index contributed by atoms with van der Waals surface area (Å²) in [6, 6.07) is 0.